The number of ether oxygens (including phenoxy) is 2. The molecule has 2 aromatic carbocycles. The molecule has 1 unspecified atom stereocenters. The van der Waals surface area contributed by atoms with E-state index in [4.69, 9.17) is 9.47 Å². The molecule has 148 valence electrons. The molecule has 28 heavy (non-hydrogen) atoms. The Hall–Kier alpha value is -3.02. The van der Waals surface area contributed by atoms with Crippen molar-refractivity contribution in [3.63, 3.8) is 0 Å². The summed E-state index contributed by atoms with van der Waals surface area (Å²) < 4.78 is 10.6. The van der Waals surface area contributed by atoms with Crippen molar-refractivity contribution >= 4 is 11.8 Å². The van der Waals surface area contributed by atoms with E-state index in [0.717, 1.165) is 12.0 Å². The number of rotatable bonds is 8. The van der Waals surface area contributed by atoms with E-state index >= 15 is 0 Å². The Kier molecular flexibility index (Phi) is 6.53. The highest BCUT2D eigenvalue weighted by Gasteiger charge is 2.33. The van der Waals surface area contributed by atoms with Crippen LogP contribution in [0.4, 0.5) is 0 Å². The first-order valence-electron chi connectivity index (χ1n) is 9.41. The fraction of sp³-hybridized carbons (Fsp3) is 0.364. The van der Waals surface area contributed by atoms with Crippen LogP contribution >= 0.6 is 0 Å². The molecule has 1 heterocycles. The van der Waals surface area contributed by atoms with Crippen LogP contribution in [0.25, 0.3) is 0 Å². The second-order valence-electron chi connectivity index (χ2n) is 6.87. The summed E-state index contributed by atoms with van der Waals surface area (Å²) in [6.07, 6.45) is 1.05. The largest absolute Gasteiger partial charge is 0.497 e. The molecule has 2 aromatic rings. The first-order chi connectivity index (χ1) is 13.6. The van der Waals surface area contributed by atoms with E-state index in [9.17, 15) is 9.59 Å². The third-order valence-corrected chi connectivity index (χ3v) is 5.04. The summed E-state index contributed by atoms with van der Waals surface area (Å²) in [5.41, 5.74) is 2.02. The van der Waals surface area contributed by atoms with Gasteiger partial charge in [-0.25, -0.2) is 0 Å². The van der Waals surface area contributed by atoms with Crippen molar-refractivity contribution in [1.82, 2.24) is 10.2 Å². The average molecular weight is 382 g/mol. The highest BCUT2D eigenvalue weighted by atomic mass is 16.5. The van der Waals surface area contributed by atoms with E-state index in [0.29, 0.717) is 31.1 Å². The van der Waals surface area contributed by atoms with E-state index in [-0.39, 0.29) is 24.2 Å². The molecule has 6 nitrogen and oxygen atoms in total. The van der Waals surface area contributed by atoms with Crippen LogP contribution in [0.15, 0.2) is 48.5 Å². The number of methoxy groups -OCH3 is 2. The number of hydrogen-bond acceptors (Lipinski definition) is 4. The van der Waals surface area contributed by atoms with Crippen LogP contribution in [0.3, 0.4) is 0 Å². The van der Waals surface area contributed by atoms with E-state index in [1.165, 1.54) is 5.56 Å². The van der Waals surface area contributed by atoms with Crippen molar-refractivity contribution in [3.05, 3.63) is 59.7 Å². The zero-order valence-electron chi connectivity index (χ0n) is 16.3. The maximum atomic E-state index is 12.6. The van der Waals surface area contributed by atoms with Crippen molar-refractivity contribution in [2.24, 2.45) is 5.92 Å². The van der Waals surface area contributed by atoms with Crippen molar-refractivity contribution in [2.45, 2.75) is 19.4 Å². The van der Waals surface area contributed by atoms with Crippen molar-refractivity contribution in [1.29, 1.82) is 0 Å². The minimum Gasteiger partial charge on any atom is -0.497 e. The molecule has 3 rings (SSSR count). The number of benzene rings is 2. The van der Waals surface area contributed by atoms with Gasteiger partial charge in [0.15, 0.2) is 0 Å². The van der Waals surface area contributed by atoms with Crippen molar-refractivity contribution in [2.75, 3.05) is 27.3 Å². The van der Waals surface area contributed by atoms with Crippen LogP contribution < -0.4 is 14.8 Å². The van der Waals surface area contributed by atoms with Crippen LogP contribution in [-0.4, -0.2) is 44.0 Å². The summed E-state index contributed by atoms with van der Waals surface area (Å²) in [5, 5.41) is 2.93. The standard InChI is InChI=1S/C22H26N2O4/c1-27-19-8-9-20(28-2)17(12-19)14-23-22(26)18-13-21(25)24(15-18)11-10-16-6-4-3-5-7-16/h3-9,12,18H,10-11,13-15H2,1-2H3,(H,23,26). The second-order valence-corrected chi connectivity index (χ2v) is 6.87. The minimum absolute atomic E-state index is 0.0371. The first kappa shape index (κ1) is 19.7. The van der Waals surface area contributed by atoms with Gasteiger partial charge in [-0.15, -0.1) is 0 Å². The highest BCUT2D eigenvalue weighted by Crippen LogP contribution is 2.24. The predicted octanol–water partition coefficient (Wildman–Crippen LogP) is 2.41. The van der Waals surface area contributed by atoms with Gasteiger partial charge in [0, 0.05) is 31.6 Å². The molecule has 1 N–H and O–H groups in total. The van der Waals surface area contributed by atoms with Gasteiger partial charge in [0.1, 0.15) is 11.5 Å². The molecule has 0 saturated carbocycles. The molecule has 6 heteroatoms. The van der Waals surface area contributed by atoms with Gasteiger partial charge in [0.2, 0.25) is 11.8 Å². The Balaban J connectivity index is 1.53. The van der Waals surface area contributed by atoms with Crippen LogP contribution in [0.5, 0.6) is 11.5 Å². The van der Waals surface area contributed by atoms with Crippen LogP contribution in [0.1, 0.15) is 17.5 Å². The van der Waals surface area contributed by atoms with Gasteiger partial charge in [-0.3, -0.25) is 9.59 Å². The zero-order valence-corrected chi connectivity index (χ0v) is 16.3. The Morgan fingerprint density at radius 2 is 1.93 bits per heavy atom. The molecule has 0 aromatic heterocycles. The molecule has 0 bridgehead atoms. The number of likely N-dealkylation sites (tertiary alicyclic amines) is 1. The number of amides is 2. The van der Waals surface area contributed by atoms with Gasteiger partial charge in [0.25, 0.3) is 0 Å². The molecule has 1 atom stereocenters. The number of nitrogens with one attached hydrogen (secondary N) is 1. The second kappa shape index (κ2) is 9.26. The smallest absolute Gasteiger partial charge is 0.225 e. The summed E-state index contributed by atoms with van der Waals surface area (Å²) in [7, 11) is 3.19. The van der Waals surface area contributed by atoms with E-state index in [1.807, 2.05) is 48.5 Å². The zero-order chi connectivity index (χ0) is 19.9. The third kappa shape index (κ3) is 4.82. The molecule has 0 spiro atoms. The van der Waals surface area contributed by atoms with Gasteiger partial charge in [-0.2, -0.15) is 0 Å². The number of nitrogens with zero attached hydrogens (tertiary/aromatic N) is 1. The maximum absolute atomic E-state index is 12.6. The summed E-state index contributed by atoms with van der Waals surface area (Å²) in [4.78, 5) is 26.6. The Bertz CT molecular complexity index is 823. The monoisotopic (exact) mass is 382 g/mol. The Morgan fingerprint density at radius 1 is 1.14 bits per heavy atom. The lowest BCUT2D eigenvalue weighted by molar-refractivity contribution is -0.129. The van der Waals surface area contributed by atoms with Crippen LogP contribution in [0.2, 0.25) is 0 Å². The lowest BCUT2D eigenvalue weighted by Gasteiger charge is -2.17. The Labute approximate surface area is 165 Å². The fourth-order valence-electron chi connectivity index (χ4n) is 3.42. The lowest BCUT2D eigenvalue weighted by atomic mass is 10.1. The maximum Gasteiger partial charge on any atom is 0.225 e. The van der Waals surface area contributed by atoms with Gasteiger partial charge < -0.3 is 19.7 Å². The summed E-state index contributed by atoms with van der Waals surface area (Å²) >= 11 is 0. The van der Waals surface area contributed by atoms with Crippen molar-refractivity contribution in [3.8, 4) is 11.5 Å². The van der Waals surface area contributed by atoms with E-state index < -0.39 is 0 Å². The summed E-state index contributed by atoms with van der Waals surface area (Å²) in [5.74, 6) is 0.997. The van der Waals surface area contributed by atoms with Crippen LogP contribution in [-0.2, 0) is 22.6 Å². The quantitative estimate of drug-likeness (QED) is 0.761. The summed E-state index contributed by atoms with van der Waals surface area (Å²) in [6, 6.07) is 15.5. The number of carbonyl (C=O) groups excluding carboxylic acids is 2. The molecular formula is C22H26N2O4. The lowest BCUT2D eigenvalue weighted by Crippen LogP contribution is -2.33. The van der Waals surface area contributed by atoms with Gasteiger partial charge in [-0.1, -0.05) is 30.3 Å². The molecule has 0 aliphatic carbocycles. The molecule has 1 saturated heterocycles. The summed E-state index contributed by atoms with van der Waals surface area (Å²) in [6.45, 7) is 1.43. The van der Waals surface area contributed by atoms with E-state index in [2.05, 4.69) is 5.32 Å². The predicted molar refractivity (Wildman–Crippen MR) is 106 cm³/mol. The highest BCUT2D eigenvalue weighted by molar-refractivity contribution is 5.89. The molecule has 1 aliphatic heterocycles. The number of hydrogen-bond donors (Lipinski definition) is 1. The molecule has 0 radical (unpaired) electrons. The van der Waals surface area contributed by atoms with Crippen LogP contribution in [0, 0.1) is 5.92 Å². The van der Waals surface area contributed by atoms with Gasteiger partial charge >= 0.3 is 0 Å². The molecule has 1 fully saturated rings. The third-order valence-electron chi connectivity index (χ3n) is 5.04. The average Bonchev–Trinajstić information content (AvgIpc) is 3.11. The Morgan fingerprint density at radius 3 is 2.64 bits per heavy atom. The topological polar surface area (TPSA) is 67.9 Å². The van der Waals surface area contributed by atoms with E-state index in [1.54, 1.807) is 19.1 Å². The SMILES string of the molecule is COc1ccc(OC)c(CNC(=O)C2CC(=O)N(CCc3ccccc3)C2)c1. The minimum atomic E-state index is -0.320. The van der Waals surface area contributed by atoms with Crippen molar-refractivity contribution < 1.29 is 19.1 Å². The normalized spacial score (nSPS) is 16.1. The molecule has 2 amide bonds. The van der Waals surface area contributed by atoms with Gasteiger partial charge in [-0.05, 0) is 30.2 Å². The molecular weight excluding hydrogens is 356 g/mol. The number of carbonyl (C=O) groups is 2. The fourth-order valence-corrected chi connectivity index (χ4v) is 3.42. The molecule has 1 aliphatic rings. The first-order valence-corrected chi connectivity index (χ1v) is 9.41. The van der Waals surface area contributed by atoms with Gasteiger partial charge in [0.05, 0.1) is 20.1 Å².